The molecule has 0 aliphatic heterocycles. The standard InChI is InChI=1S/C20H20N4O2/c1-2-26-17-10-8-16(9-11-17)23-19(25)18-12-13-21-20(24-18)22-14-15-6-4-3-5-7-15/h3-13H,2,14H2,1H3,(H,23,25)(H,21,22,24). The molecule has 2 N–H and O–H groups in total. The molecule has 2 aromatic carbocycles. The lowest BCUT2D eigenvalue weighted by molar-refractivity contribution is 0.102. The van der Waals surface area contributed by atoms with Crippen molar-refractivity contribution in [2.75, 3.05) is 17.2 Å². The van der Waals surface area contributed by atoms with E-state index in [2.05, 4.69) is 20.6 Å². The Morgan fingerprint density at radius 2 is 1.81 bits per heavy atom. The molecular formula is C20H20N4O2. The Hall–Kier alpha value is -3.41. The van der Waals surface area contributed by atoms with Gasteiger partial charge in [-0.05, 0) is 42.8 Å². The van der Waals surface area contributed by atoms with Crippen LogP contribution in [0.2, 0.25) is 0 Å². The van der Waals surface area contributed by atoms with Crippen LogP contribution < -0.4 is 15.4 Å². The summed E-state index contributed by atoms with van der Waals surface area (Å²) >= 11 is 0. The van der Waals surface area contributed by atoms with Crippen molar-refractivity contribution in [2.45, 2.75) is 13.5 Å². The summed E-state index contributed by atoms with van der Waals surface area (Å²) in [5.41, 5.74) is 2.08. The number of carbonyl (C=O) groups excluding carboxylic acids is 1. The fourth-order valence-electron chi connectivity index (χ4n) is 2.34. The predicted octanol–water partition coefficient (Wildman–Crippen LogP) is 3.74. The van der Waals surface area contributed by atoms with E-state index in [4.69, 9.17) is 4.74 Å². The van der Waals surface area contributed by atoms with Gasteiger partial charge in [-0.1, -0.05) is 30.3 Å². The summed E-state index contributed by atoms with van der Waals surface area (Å²) in [4.78, 5) is 20.8. The molecule has 6 heteroatoms. The van der Waals surface area contributed by atoms with E-state index >= 15 is 0 Å². The van der Waals surface area contributed by atoms with Gasteiger partial charge in [0.1, 0.15) is 11.4 Å². The zero-order valence-electron chi connectivity index (χ0n) is 14.5. The van der Waals surface area contributed by atoms with Crippen LogP contribution in [0.25, 0.3) is 0 Å². The first-order chi connectivity index (χ1) is 12.7. The number of hydrogen-bond donors (Lipinski definition) is 2. The van der Waals surface area contributed by atoms with E-state index in [1.807, 2.05) is 49.4 Å². The van der Waals surface area contributed by atoms with Crippen LogP contribution >= 0.6 is 0 Å². The molecule has 3 rings (SSSR count). The maximum absolute atomic E-state index is 12.4. The summed E-state index contributed by atoms with van der Waals surface area (Å²) in [6.45, 7) is 3.12. The van der Waals surface area contributed by atoms with E-state index in [9.17, 15) is 4.79 Å². The van der Waals surface area contributed by atoms with E-state index in [1.165, 1.54) is 0 Å². The lowest BCUT2D eigenvalue weighted by atomic mass is 10.2. The third kappa shape index (κ3) is 4.80. The first-order valence-electron chi connectivity index (χ1n) is 8.39. The highest BCUT2D eigenvalue weighted by atomic mass is 16.5. The van der Waals surface area contributed by atoms with Gasteiger partial charge in [-0.2, -0.15) is 0 Å². The molecule has 3 aromatic rings. The van der Waals surface area contributed by atoms with Crippen molar-refractivity contribution in [3.8, 4) is 5.75 Å². The average Bonchev–Trinajstić information content (AvgIpc) is 2.69. The van der Waals surface area contributed by atoms with E-state index in [0.29, 0.717) is 30.5 Å². The maximum Gasteiger partial charge on any atom is 0.274 e. The van der Waals surface area contributed by atoms with Gasteiger partial charge in [0.25, 0.3) is 5.91 Å². The molecule has 0 bridgehead atoms. The van der Waals surface area contributed by atoms with Crippen molar-refractivity contribution in [3.05, 3.63) is 78.1 Å². The molecule has 6 nitrogen and oxygen atoms in total. The molecule has 1 heterocycles. The number of rotatable bonds is 7. The lowest BCUT2D eigenvalue weighted by Crippen LogP contribution is -2.15. The molecule has 1 aromatic heterocycles. The van der Waals surface area contributed by atoms with Crippen molar-refractivity contribution >= 4 is 17.5 Å². The van der Waals surface area contributed by atoms with Crippen LogP contribution in [0.1, 0.15) is 23.0 Å². The smallest absolute Gasteiger partial charge is 0.274 e. The number of carbonyl (C=O) groups is 1. The Morgan fingerprint density at radius 1 is 1.04 bits per heavy atom. The van der Waals surface area contributed by atoms with Gasteiger partial charge in [0, 0.05) is 18.4 Å². The fraction of sp³-hybridized carbons (Fsp3) is 0.150. The minimum atomic E-state index is -0.292. The van der Waals surface area contributed by atoms with Gasteiger partial charge in [0.2, 0.25) is 5.95 Å². The van der Waals surface area contributed by atoms with Gasteiger partial charge in [0.15, 0.2) is 0 Å². The van der Waals surface area contributed by atoms with Crippen molar-refractivity contribution in [1.29, 1.82) is 0 Å². The lowest BCUT2D eigenvalue weighted by Gasteiger charge is -2.08. The van der Waals surface area contributed by atoms with Crippen LogP contribution in [-0.4, -0.2) is 22.5 Å². The monoisotopic (exact) mass is 348 g/mol. The summed E-state index contributed by atoms with van der Waals surface area (Å²) in [7, 11) is 0. The molecule has 0 spiro atoms. The second-order valence-corrected chi connectivity index (χ2v) is 5.52. The van der Waals surface area contributed by atoms with Gasteiger partial charge in [-0.15, -0.1) is 0 Å². The van der Waals surface area contributed by atoms with Crippen LogP contribution in [0.15, 0.2) is 66.9 Å². The van der Waals surface area contributed by atoms with Crippen molar-refractivity contribution in [2.24, 2.45) is 0 Å². The number of ether oxygens (including phenoxy) is 1. The number of amides is 1. The zero-order valence-corrected chi connectivity index (χ0v) is 14.5. The summed E-state index contributed by atoms with van der Waals surface area (Å²) < 4.78 is 5.39. The van der Waals surface area contributed by atoms with Crippen molar-refractivity contribution in [3.63, 3.8) is 0 Å². The Balaban J connectivity index is 1.62. The third-order valence-electron chi connectivity index (χ3n) is 3.60. The summed E-state index contributed by atoms with van der Waals surface area (Å²) in [6, 6.07) is 18.7. The average molecular weight is 348 g/mol. The second-order valence-electron chi connectivity index (χ2n) is 5.52. The minimum absolute atomic E-state index is 0.292. The number of nitrogens with zero attached hydrogens (tertiary/aromatic N) is 2. The van der Waals surface area contributed by atoms with Crippen LogP contribution in [0.4, 0.5) is 11.6 Å². The molecule has 0 saturated heterocycles. The number of benzene rings is 2. The van der Waals surface area contributed by atoms with Gasteiger partial charge in [-0.3, -0.25) is 4.79 Å². The normalized spacial score (nSPS) is 10.2. The van der Waals surface area contributed by atoms with Crippen LogP contribution in [0.5, 0.6) is 5.75 Å². The number of aromatic nitrogens is 2. The highest BCUT2D eigenvalue weighted by Crippen LogP contribution is 2.16. The Bertz CT molecular complexity index is 851. The van der Waals surface area contributed by atoms with Crippen LogP contribution in [0.3, 0.4) is 0 Å². The molecule has 0 radical (unpaired) electrons. The zero-order chi connectivity index (χ0) is 18.2. The number of hydrogen-bond acceptors (Lipinski definition) is 5. The molecule has 0 unspecified atom stereocenters. The third-order valence-corrected chi connectivity index (χ3v) is 3.60. The topological polar surface area (TPSA) is 76.1 Å². The van der Waals surface area contributed by atoms with Crippen LogP contribution in [0, 0.1) is 0 Å². The summed E-state index contributed by atoms with van der Waals surface area (Å²) in [5, 5.41) is 5.94. The first kappa shape index (κ1) is 17.4. The molecule has 0 saturated carbocycles. The SMILES string of the molecule is CCOc1ccc(NC(=O)c2ccnc(NCc3ccccc3)n2)cc1. The Kier molecular flexibility index (Phi) is 5.77. The molecule has 0 fully saturated rings. The van der Waals surface area contributed by atoms with Crippen molar-refractivity contribution in [1.82, 2.24) is 9.97 Å². The minimum Gasteiger partial charge on any atom is -0.494 e. The molecule has 26 heavy (non-hydrogen) atoms. The highest BCUT2D eigenvalue weighted by molar-refractivity contribution is 6.02. The highest BCUT2D eigenvalue weighted by Gasteiger charge is 2.09. The van der Waals surface area contributed by atoms with E-state index < -0.39 is 0 Å². The Morgan fingerprint density at radius 3 is 2.54 bits per heavy atom. The molecule has 0 atom stereocenters. The fourth-order valence-corrected chi connectivity index (χ4v) is 2.34. The van der Waals surface area contributed by atoms with E-state index in [0.717, 1.165) is 11.3 Å². The van der Waals surface area contributed by atoms with Crippen molar-refractivity contribution < 1.29 is 9.53 Å². The molecule has 132 valence electrons. The maximum atomic E-state index is 12.4. The van der Waals surface area contributed by atoms with Gasteiger partial charge < -0.3 is 15.4 Å². The molecule has 0 aliphatic carbocycles. The van der Waals surface area contributed by atoms with E-state index in [1.54, 1.807) is 24.4 Å². The number of anilines is 2. The van der Waals surface area contributed by atoms with Gasteiger partial charge >= 0.3 is 0 Å². The second kappa shape index (κ2) is 8.62. The molecule has 1 amide bonds. The van der Waals surface area contributed by atoms with E-state index in [-0.39, 0.29) is 5.91 Å². The Labute approximate surface area is 152 Å². The molecular weight excluding hydrogens is 328 g/mol. The summed E-state index contributed by atoms with van der Waals surface area (Å²) in [5.74, 6) is 0.882. The first-order valence-corrected chi connectivity index (χ1v) is 8.39. The molecule has 0 aliphatic rings. The van der Waals surface area contributed by atoms with Gasteiger partial charge in [-0.25, -0.2) is 9.97 Å². The largest absolute Gasteiger partial charge is 0.494 e. The quantitative estimate of drug-likeness (QED) is 0.680. The number of nitrogens with one attached hydrogen (secondary N) is 2. The van der Waals surface area contributed by atoms with Crippen LogP contribution in [-0.2, 0) is 6.54 Å². The predicted molar refractivity (Wildman–Crippen MR) is 101 cm³/mol. The summed E-state index contributed by atoms with van der Waals surface area (Å²) in [6.07, 6.45) is 1.56. The van der Waals surface area contributed by atoms with Gasteiger partial charge in [0.05, 0.1) is 6.61 Å².